The maximum Gasteiger partial charge on any atom is 0.317 e. The highest BCUT2D eigenvalue weighted by molar-refractivity contribution is 7.11. The van der Waals surface area contributed by atoms with Gasteiger partial charge in [0, 0.05) is 18.1 Å². The van der Waals surface area contributed by atoms with Crippen LogP contribution in [-0.2, 0) is 0 Å². The van der Waals surface area contributed by atoms with Gasteiger partial charge >= 0.3 is 6.03 Å². The Balaban J connectivity index is 1.72. The lowest BCUT2D eigenvalue weighted by Gasteiger charge is -2.38. The van der Waals surface area contributed by atoms with Crippen molar-refractivity contribution < 1.29 is 9.53 Å². The Hall–Kier alpha value is -1.30. The van der Waals surface area contributed by atoms with Crippen molar-refractivity contribution in [1.29, 1.82) is 0 Å². The third-order valence-electron chi connectivity index (χ3n) is 2.14. The molecule has 15 heavy (non-hydrogen) atoms. The third kappa shape index (κ3) is 2.38. The van der Waals surface area contributed by atoms with Crippen molar-refractivity contribution in [2.75, 3.05) is 19.6 Å². The van der Waals surface area contributed by atoms with Gasteiger partial charge in [0.15, 0.2) is 0 Å². The maximum absolute atomic E-state index is 11.3. The van der Waals surface area contributed by atoms with Crippen LogP contribution in [0.3, 0.4) is 0 Å². The summed E-state index contributed by atoms with van der Waals surface area (Å²) in [5.74, 6) is 0. The summed E-state index contributed by atoms with van der Waals surface area (Å²) in [4.78, 5) is 17.1. The predicted octanol–water partition coefficient (Wildman–Crippen LogP) is 0.936. The van der Waals surface area contributed by atoms with Crippen LogP contribution in [0.25, 0.3) is 0 Å². The molecule has 2 rings (SSSR count). The number of thiazole rings is 1. The number of amides is 2. The number of hydrogen-bond acceptors (Lipinski definition) is 4. The second-order valence-electron chi connectivity index (χ2n) is 3.28. The van der Waals surface area contributed by atoms with Crippen LogP contribution in [0.15, 0.2) is 11.6 Å². The Kier molecular flexibility index (Phi) is 3.05. The molecule has 6 heteroatoms. The molecule has 0 bridgehead atoms. The second-order valence-corrected chi connectivity index (χ2v) is 4.14. The van der Waals surface area contributed by atoms with E-state index in [-0.39, 0.29) is 12.1 Å². The van der Waals surface area contributed by atoms with E-state index >= 15 is 0 Å². The molecule has 5 nitrogen and oxygen atoms in total. The first-order chi connectivity index (χ1) is 7.29. The van der Waals surface area contributed by atoms with Gasteiger partial charge in [0.1, 0.15) is 6.10 Å². The first kappa shape index (κ1) is 10.2. The Labute approximate surface area is 92.1 Å². The molecule has 0 atom stereocenters. The first-order valence-corrected chi connectivity index (χ1v) is 5.76. The number of carbonyl (C=O) groups is 1. The van der Waals surface area contributed by atoms with Crippen LogP contribution in [0.4, 0.5) is 4.79 Å². The SMILES string of the molecule is CCNC(=O)N1CC(Oc2nccs2)C1. The minimum absolute atomic E-state index is 0.0171. The quantitative estimate of drug-likeness (QED) is 0.836. The van der Waals surface area contributed by atoms with Crippen LogP contribution in [0.2, 0.25) is 0 Å². The number of rotatable bonds is 3. The summed E-state index contributed by atoms with van der Waals surface area (Å²) in [5, 5.41) is 5.29. The van der Waals surface area contributed by atoms with E-state index in [1.165, 1.54) is 11.3 Å². The van der Waals surface area contributed by atoms with Crippen molar-refractivity contribution in [2.45, 2.75) is 13.0 Å². The zero-order chi connectivity index (χ0) is 10.7. The van der Waals surface area contributed by atoms with E-state index in [0.717, 1.165) is 0 Å². The molecule has 2 heterocycles. The molecule has 2 amide bonds. The maximum atomic E-state index is 11.3. The Morgan fingerprint density at radius 3 is 3.20 bits per heavy atom. The fourth-order valence-electron chi connectivity index (χ4n) is 1.35. The molecule has 0 aliphatic carbocycles. The molecule has 82 valence electrons. The minimum Gasteiger partial charge on any atom is -0.463 e. The minimum atomic E-state index is -0.0171. The van der Waals surface area contributed by atoms with Gasteiger partial charge in [0.2, 0.25) is 0 Å². The molecule has 0 spiro atoms. The molecule has 1 aromatic heterocycles. The highest BCUT2D eigenvalue weighted by atomic mass is 32.1. The van der Waals surface area contributed by atoms with Crippen LogP contribution in [0.5, 0.6) is 5.19 Å². The fraction of sp³-hybridized carbons (Fsp3) is 0.556. The lowest BCUT2D eigenvalue weighted by Crippen LogP contribution is -2.58. The van der Waals surface area contributed by atoms with Gasteiger partial charge in [-0.15, -0.1) is 0 Å². The highest BCUT2D eigenvalue weighted by Crippen LogP contribution is 2.19. The molecule has 1 saturated heterocycles. The number of hydrogen-bond donors (Lipinski definition) is 1. The zero-order valence-electron chi connectivity index (χ0n) is 8.47. The van der Waals surface area contributed by atoms with Gasteiger partial charge in [-0.25, -0.2) is 9.78 Å². The highest BCUT2D eigenvalue weighted by Gasteiger charge is 2.32. The average molecular weight is 227 g/mol. The smallest absolute Gasteiger partial charge is 0.317 e. The lowest BCUT2D eigenvalue weighted by molar-refractivity contribution is 0.0445. The van der Waals surface area contributed by atoms with Crippen molar-refractivity contribution >= 4 is 17.4 Å². The second kappa shape index (κ2) is 4.48. The van der Waals surface area contributed by atoms with E-state index in [1.54, 1.807) is 11.1 Å². The van der Waals surface area contributed by atoms with Crippen molar-refractivity contribution in [1.82, 2.24) is 15.2 Å². The Bertz CT molecular complexity index is 322. The fourth-order valence-corrected chi connectivity index (χ4v) is 1.90. The van der Waals surface area contributed by atoms with Crippen LogP contribution in [0, 0.1) is 0 Å². The molecule has 0 aromatic carbocycles. The van der Waals surface area contributed by atoms with E-state index < -0.39 is 0 Å². The number of likely N-dealkylation sites (tertiary alicyclic amines) is 1. The van der Waals surface area contributed by atoms with Crippen LogP contribution in [0.1, 0.15) is 6.92 Å². The van der Waals surface area contributed by atoms with Crippen LogP contribution < -0.4 is 10.1 Å². The summed E-state index contributed by atoms with van der Waals surface area (Å²) in [6.07, 6.45) is 1.80. The Morgan fingerprint density at radius 2 is 2.60 bits per heavy atom. The van der Waals surface area contributed by atoms with E-state index in [4.69, 9.17) is 4.74 Å². The van der Waals surface area contributed by atoms with Gasteiger partial charge in [0.05, 0.1) is 13.1 Å². The molecule has 1 aliphatic rings. The van der Waals surface area contributed by atoms with Crippen molar-refractivity contribution in [3.05, 3.63) is 11.6 Å². The average Bonchev–Trinajstić information content (AvgIpc) is 2.63. The standard InChI is InChI=1S/C9H13N3O2S/c1-2-10-8(13)12-5-7(6-12)14-9-11-3-4-15-9/h3-4,7H,2,5-6H2,1H3,(H,10,13). The van der Waals surface area contributed by atoms with Gasteiger partial charge in [-0.2, -0.15) is 0 Å². The number of nitrogens with zero attached hydrogens (tertiary/aromatic N) is 2. The first-order valence-electron chi connectivity index (χ1n) is 4.88. The van der Waals surface area contributed by atoms with E-state index in [9.17, 15) is 4.79 Å². The number of urea groups is 1. The van der Waals surface area contributed by atoms with Gasteiger partial charge in [0.25, 0.3) is 5.19 Å². The number of aromatic nitrogens is 1. The lowest BCUT2D eigenvalue weighted by atomic mass is 10.2. The summed E-state index contributed by atoms with van der Waals surface area (Å²) in [7, 11) is 0. The molecule has 1 N–H and O–H groups in total. The third-order valence-corrected chi connectivity index (χ3v) is 2.80. The van der Waals surface area contributed by atoms with Crippen LogP contribution >= 0.6 is 11.3 Å². The topological polar surface area (TPSA) is 54.5 Å². The summed E-state index contributed by atoms with van der Waals surface area (Å²) in [6, 6.07) is -0.0171. The van der Waals surface area contributed by atoms with Gasteiger partial charge in [-0.1, -0.05) is 11.3 Å². The van der Waals surface area contributed by atoms with E-state index in [1.807, 2.05) is 12.3 Å². The summed E-state index contributed by atoms with van der Waals surface area (Å²) < 4.78 is 5.53. The number of carbonyl (C=O) groups excluding carboxylic acids is 1. The Morgan fingerprint density at radius 1 is 1.80 bits per heavy atom. The van der Waals surface area contributed by atoms with E-state index in [2.05, 4.69) is 10.3 Å². The van der Waals surface area contributed by atoms with Gasteiger partial charge < -0.3 is 15.0 Å². The number of ether oxygens (including phenoxy) is 1. The van der Waals surface area contributed by atoms with Crippen LogP contribution in [-0.4, -0.2) is 41.7 Å². The molecule has 1 aromatic rings. The van der Waals surface area contributed by atoms with Gasteiger partial charge in [-0.3, -0.25) is 0 Å². The molecule has 0 radical (unpaired) electrons. The van der Waals surface area contributed by atoms with Crippen molar-refractivity contribution in [3.8, 4) is 5.19 Å². The van der Waals surface area contributed by atoms with Crippen molar-refractivity contribution in [2.24, 2.45) is 0 Å². The molecule has 1 aliphatic heterocycles. The monoisotopic (exact) mass is 227 g/mol. The molecule has 1 fully saturated rings. The molecular formula is C9H13N3O2S. The molecule has 0 unspecified atom stereocenters. The predicted molar refractivity (Wildman–Crippen MR) is 57.2 cm³/mol. The summed E-state index contributed by atoms with van der Waals surface area (Å²) >= 11 is 1.47. The summed E-state index contributed by atoms with van der Waals surface area (Å²) in [5.41, 5.74) is 0. The normalized spacial score (nSPS) is 15.9. The van der Waals surface area contributed by atoms with Crippen molar-refractivity contribution in [3.63, 3.8) is 0 Å². The largest absolute Gasteiger partial charge is 0.463 e. The molecule has 0 saturated carbocycles. The zero-order valence-corrected chi connectivity index (χ0v) is 9.29. The number of nitrogens with one attached hydrogen (secondary N) is 1. The summed E-state index contributed by atoms with van der Waals surface area (Å²) in [6.45, 7) is 3.85. The molecular weight excluding hydrogens is 214 g/mol. The van der Waals surface area contributed by atoms with Gasteiger partial charge in [-0.05, 0) is 6.92 Å². The van der Waals surface area contributed by atoms with E-state index in [0.29, 0.717) is 24.8 Å².